The maximum absolute atomic E-state index is 12.3. The van der Waals surface area contributed by atoms with Crippen molar-refractivity contribution in [1.29, 1.82) is 0 Å². The normalized spacial score (nSPS) is 19.0. The summed E-state index contributed by atoms with van der Waals surface area (Å²) >= 11 is 0. The highest BCUT2D eigenvalue weighted by molar-refractivity contribution is 7.88. The Balaban J connectivity index is 2.02. The van der Waals surface area contributed by atoms with Gasteiger partial charge in [0.2, 0.25) is 21.8 Å². The topological polar surface area (TPSA) is 88.6 Å². The summed E-state index contributed by atoms with van der Waals surface area (Å²) in [5.41, 5.74) is 0.762. The number of hydrogen-bond acceptors (Lipinski definition) is 5. The van der Waals surface area contributed by atoms with Crippen LogP contribution in [0.15, 0.2) is 18.3 Å². The van der Waals surface area contributed by atoms with Crippen LogP contribution in [0, 0.1) is 0 Å². The van der Waals surface area contributed by atoms with Crippen molar-refractivity contribution in [3.05, 3.63) is 23.9 Å². The molecule has 1 saturated heterocycles. The number of nitrogens with zero attached hydrogens (tertiary/aromatic N) is 2. The molecular formula is C15H23N3O4S. The fraction of sp³-hybridized carbons (Fsp3) is 0.600. The monoisotopic (exact) mass is 341 g/mol. The smallest absolute Gasteiger partial charge is 0.238 e. The van der Waals surface area contributed by atoms with Crippen molar-refractivity contribution in [3.63, 3.8) is 0 Å². The fourth-order valence-corrected chi connectivity index (χ4v) is 3.71. The van der Waals surface area contributed by atoms with E-state index in [1.807, 2.05) is 19.9 Å². The largest absolute Gasteiger partial charge is 0.475 e. The highest BCUT2D eigenvalue weighted by Gasteiger charge is 2.36. The van der Waals surface area contributed by atoms with E-state index in [9.17, 15) is 13.2 Å². The van der Waals surface area contributed by atoms with Gasteiger partial charge in [-0.3, -0.25) is 4.79 Å². The lowest BCUT2D eigenvalue weighted by Gasteiger charge is -2.21. The van der Waals surface area contributed by atoms with Gasteiger partial charge in [-0.2, -0.15) is 4.31 Å². The minimum Gasteiger partial charge on any atom is -0.475 e. The number of hydrogen-bond donors (Lipinski definition) is 1. The van der Waals surface area contributed by atoms with Gasteiger partial charge < -0.3 is 10.1 Å². The molecule has 1 aliphatic heterocycles. The van der Waals surface area contributed by atoms with Crippen molar-refractivity contribution >= 4 is 15.9 Å². The number of ether oxygens (including phenoxy) is 1. The first-order valence-corrected chi connectivity index (χ1v) is 9.49. The van der Waals surface area contributed by atoms with Crippen LogP contribution < -0.4 is 10.1 Å². The first-order valence-electron chi connectivity index (χ1n) is 7.64. The summed E-state index contributed by atoms with van der Waals surface area (Å²) in [7, 11) is -3.37. The first-order chi connectivity index (χ1) is 10.8. The predicted octanol–water partition coefficient (Wildman–Crippen LogP) is 0.909. The Morgan fingerprint density at radius 2 is 2.26 bits per heavy atom. The summed E-state index contributed by atoms with van der Waals surface area (Å²) in [6, 6.07) is 2.97. The van der Waals surface area contributed by atoms with Crippen LogP contribution in [0.4, 0.5) is 0 Å². The average molecular weight is 341 g/mol. The van der Waals surface area contributed by atoms with Crippen LogP contribution in [0.2, 0.25) is 0 Å². The first kappa shape index (κ1) is 17.7. The zero-order valence-electron chi connectivity index (χ0n) is 13.7. The van der Waals surface area contributed by atoms with Crippen molar-refractivity contribution in [2.24, 2.45) is 0 Å². The molecule has 0 bridgehead atoms. The molecule has 2 rings (SSSR count). The zero-order valence-corrected chi connectivity index (χ0v) is 14.5. The number of aromatic nitrogens is 1. The molecule has 2 heterocycles. The van der Waals surface area contributed by atoms with Gasteiger partial charge in [0, 0.05) is 24.8 Å². The molecule has 23 heavy (non-hydrogen) atoms. The number of carbonyl (C=O) groups is 1. The Morgan fingerprint density at radius 1 is 1.52 bits per heavy atom. The number of carbonyl (C=O) groups excluding carboxylic acids is 1. The third kappa shape index (κ3) is 4.65. The molecule has 128 valence electrons. The Bertz CT molecular complexity index is 660. The summed E-state index contributed by atoms with van der Waals surface area (Å²) in [6.07, 6.45) is 3.98. The van der Waals surface area contributed by atoms with Crippen molar-refractivity contribution < 1.29 is 17.9 Å². The van der Waals surface area contributed by atoms with Crippen LogP contribution in [0.3, 0.4) is 0 Å². The average Bonchev–Trinajstić information content (AvgIpc) is 2.95. The maximum atomic E-state index is 12.3. The van der Waals surface area contributed by atoms with Crippen LogP contribution in [-0.2, 0) is 21.4 Å². The van der Waals surface area contributed by atoms with Crippen molar-refractivity contribution in [3.8, 4) is 5.88 Å². The van der Waals surface area contributed by atoms with Gasteiger partial charge in [0.15, 0.2) is 0 Å². The molecular weight excluding hydrogens is 318 g/mol. The molecule has 1 atom stereocenters. The number of amides is 1. The predicted molar refractivity (Wildman–Crippen MR) is 86.4 cm³/mol. The molecule has 0 spiro atoms. The van der Waals surface area contributed by atoms with Gasteiger partial charge >= 0.3 is 0 Å². The van der Waals surface area contributed by atoms with Gasteiger partial charge in [-0.05, 0) is 32.8 Å². The highest BCUT2D eigenvalue weighted by Crippen LogP contribution is 2.21. The number of pyridine rings is 1. The molecule has 0 saturated carbocycles. The van der Waals surface area contributed by atoms with Crippen molar-refractivity contribution in [2.75, 3.05) is 12.8 Å². The second-order valence-corrected chi connectivity index (χ2v) is 7.82. The van der Waals surface area contributed by atoms with E-state index in [-0.39, 0.29) is 18.6 Å². The lowest BCUT2D eigenvalue weighted by molar-refractivity contribution is -0.124. The molecule has 1 N–H and O–H groups in total. The SMILES string of the molecule is CC(C)Oc1ncccc1CNC(=O)[C@@H]1CCCN1S(C)(=O)=O. The Morgan fingerprint density at radius 3 is 2.91 bits per heavy atom. The van der Waals surface area contributed by atoms with E-state index in [0.29, 0.717) is 25.3 Å². The Labute approximate surface area is 137 Å². The molecule has 1 amide bonds. The third-order valence-electron chi connectivity index (χ3n) is 3.58. The second-order valence-electron chi connectivity index (χ2n) is 5.88. The standard InChI is InChI=1S/C15H23N3O4S/c1-11(2)22-15-12(6-4-8-16-15)10-17-14(19)13-7-5-9-18(13)23(3,20)21/h4,6,8,11,13H,5,7,9-10H2,1-3H3,(H,17,19)/t13-/m0/s1. The molecule has 0 radical (unpaired) electrons. The van der Waals surface area contributed by atoms with Gasteiger partial charge in [0.25, 0.3) is 0 Å². The minimum atomic E-state index is -3.37. The molecule has 1 aliphatic rings. The molecule has 0 unspecified atom stereocenters. The number of rotatable bonds is 6. The second kappa shape index (κ2) is 7.27. The molecule has 0 aliphatic carbocycles. The van der Waals surface area contributed by atoms with Crippen LogP contribution >= 0.6 is 0 Å². The van der Waals surface area contributed by atoms with E-state index in [1.165, 1.54) is 4.31 Å². The van der Waals surface area contributed by atoms with E-state index in [4.69, 9.17) is 4.74 Å². The van der Waals surface area contributed by atoms with Crippen LogP contribution in [0.25, 0.3) is 0 Å². The molecule has 8 heteroatoms. The van der Waals surface area contributed by atoms with E-state index in [2.05, 4.69) is 10.3 Å². The van der Waals surface area contributed by atoms with Gasteiger partial charge in [-0.15, -0.1) is 0 Å². The molecule has 7 nitrogen and oxygen atoms in total. The fourth-order valence-electron chi connectivity index (χ4n) is 2.59. The zero-order chi connectivity index (χ0) is 17.0. The van der Waals surface area contributed by atoms with Gasteiger partial charge in [-0.1, -0.05) is 6.07 Å². The summed E-state index contributed by atoms with van der Waals surface area (Å²) in [4.78, 5) is 16.5. The lowest BCUT2D eigenvalue weighted by Crippen LogP contribution is -2.45. The van der Waals surface area contributed by atoms with Gasteiger partial charge in [0.05, 0.1) is 12.4 Å². The van der Waals surface area contributed by atoms with Crippen molar-refractivity contribution in [1.82, 2.24) is 14.6 Å². The van der Waals surface area contributed by atoms with E-state index < -0.39 is 16.1 Å². The van der Waals surface area contributed by atoms with Crippen molar-refractivity contribution in [2.45, 2.75) is 45.4 Å². The van der Waals surface area contributed by atoms with E-state index >= 15 is 0 Å². The Hall–Kier alpha value is -1.67. The quantitative estimate of drug-likeness (QED) is 0.831. The van der Waals surface area contributed by atoms with Gasteiger partial charge in [0.1, 0.15) is 6.04 Å². The van der Waals surface area contributed by atoms with Crippen LogP contribution in [0.5, 0.6) is 5.88 Å². The summed E-state index contributed by atoms with van der Waals surface area (Å²) in [5.74, 6) is 0.196. The van der Waals surface area contributed by atoms with E-state index in [1.54, 1.807) is 12.3 Å². The molecule has 1 aromatic heterocycles. The Kier molecular flexibility index (Phi) is 5.59. The van der Waals surface area contributed by atoms with E-state index in [0.717, 1.165) is 11.8 Å². The summed E-state index contributed by atoms with van der Waals surface area (Å²) in [5, 5.41) is 2.79. The van der Waals surface area contributed by atoms with Crippen LogP contribution in [0.1, 0.15) is 32.3 Å². The lowest BCUT2D eigenvalue weighted by atomic mass is 10.2. The molecule has 1 fully saturated rings. The summed E-state index contributed by atoms with van der Waals surface area (Å²) < 4.78 is 30.3. The summed E-state index contributed by atoms with van der Waals surface area (Å²) in [6.45, 7) is 4.45. The number of sulfonamides is 1. The highest BCUT2D eigenvalue weighted by atomic mass is 32.2. The van der Waals surface area contributed by atoms with Crippen LogP contribution in [-0.4, -0.2) is 48.6 Å². The number of nitrogens with one attached hydrogen (secondary N) is 1. The maximum Gasteiger partial charge on any atom is 0.238 e. The van der Waals surface area contributed by atoms with Gasteiger partial charge in [-0.25, -0.2) is 13.4 Å². The molecule has 1 aromatic rings. The minimum absolute atomic E-state index is 0.0186. The third-order valence-corrected chi connectivity index (χ3v) is 4.87. The molecule has 0 aromatic carbocycles.